The van der Waals surface area contributed by atoms with E-state index in [1.165, 1.54) is 4.57 Å². The minimum absolute atomic E-state index is 0.0448. The van der Waals surface area contributed by atoms with Crippen LogP contribution in [-0.2, 0) is 20.1 Å². The van der Waals surface area contributed by atoms with Crippen molar-refractivity contribution < 1.29 is 0 Å². The summed E-state index contributed by atoms with van der Waals surface area (Å²) in [5.74, 6) is 2.35. The average Bonchev–Trinajstić information content (AvgIpc) is 3.08. The molecule has 0 atom stereocenters. The monoisotopic (exact) mass is 454 g/mol. The van der Waals surface area contributed by atoms with E-state index in [-0.39, 0.29) is 19.0 Å². The highest BCUT2D eigenvalue weighted by molar-refractivity contribution is 6.34. The van der Waals surface area contributed by atoms with Gasteiger partial charge in [0.2, 0.25) is 5.95 Å². The van der Waals surface area contributed by atoms with Crippen LogP contribution in [0.25, 0.3) is 10.9 Å². The van der Waals surface area contributed by atoms with Gasteiger partial charge in [0.05, 0.1) is 29.3 Å². The lowest BCUT2D eigenvalue weighted by Gasteiger charge is -2.15. The van der Waals surface area contributed by atoms with Gasteiger partial charge in [-0.05, 0) is 29.8 Å². The van der Waals surface area contributed by atoms with Crippen molar-refractivity contribution in [1.29, 1.82) is 0 Å². The minimum Gasteiger partial charge on any atom is -0.324 e. The van der Waals surface area contributed by atoms with Gasteiger partial charge in [-0.1, -0.05) is 41.3 Å². The fourth-order valence-corrected chi connectivity index (χ4v) is 3.48. The number of hydrogen-bond acceptors (Lipinski definition) is 5. The lowest BCUT2D eigenvalue weighted by molar-refractivity contribution is 0.601. The molecule has 0 radical (unpaired) electrons. The first-order valence-electron chi connectivity index (χ1n) is 9.15. The lowest BCUT2D eigenvalue weighted by atomic mass is 10.2. The molecule has 0 amide bonds. The Morgan fingerprint density at radius 3 is 2.58 bits per heavy atom. The first-order chi connectivity index (χ1) is 14.9. The van der Waals surface area contributed by atoms with Gasteiger partial charge in [-0.15, -0.1) is 6.42 Å². The van der Waals surface area contributed by atoms with Gasteiger partial charge in [-0.25, -0.2) is 14.2 Å². The highest BCUT2D eigenvalue weighted by Crippen LogP contribution is 2.29. The Labute approximate surface area is 186 Å². The number of terminal acetylenes is 1. The normalized spacial score (nSPS) is 10.9. The summed E-state index contributed by atoms with van der Waals surface area (Å²) in [4.78, 5) is 29.5. The Bertz CT molecular complexity index is 1440. The second-order valence-electron chi connectivity index (χ2n) is 6.82. The van der Waals surface area contributed by atoms with E-state index in [1.54, 1.807) is 48.1 Å². The highest BCUT2D eigenvalue weighted by Gasteiger charge is 2.15. The predicted molar refractivity (Wildman–Crippen MR) is 121 cm³/mol. The number of fused-ring (bicyclic) bond motifs is 1. The maximum Gasteiger partial charge on any atom is 0.355 e. The highest BCUT2D eigenvalue weighted by atomic mass is 35.5. The number of halogens is 2. The second kappa shape index (κ2) is 8.30. The van der Waals surface area contributed by atoms with E-state index in [2.05, 4.69) is 21.3 Å². The summed E-state index contributed by atoms with van der Waals surface area (Å²) in [6, 6.07) is 10.5. The van der Waals surface area contributed by atoms with Crippen LogP contribution in [0.4, 0.5) is 11.6 Å². The van der Waals surface area contributed by atoms with E-state index in [0.717, 1.165) is 15.5 Å². The van der Waals surface area contributed by atoms with Crippen LogP contribution in [0.2, 0.25) is 10.0 Å². The van der Waals surface area contributed by atoms with Gasteiger partial charge in [0.25, 0.3) is 0 Å². The van der Waals surface area contributed by atoms with Crippen LogP contribution in [0.1, 0.15) is 5.56 Å². The van der Waals surface area contributed by atoms with Crippen LogP contribution in [0.15, 0.2) is 52.2 Å². The van der Waals surface area contributed by atoms with Gasteiger partial charge in [0, 0.05) is 23.7 Å². The van der Waals surface area contributed by atoms with Crippen molar-refractivity contribution in [1.82, 2.24) is 23.9 Å². The van der Waals surface area contributed by atoms with Gasteiger partial charge in [-0.2, -0.15) is 10.1 Å². The van der Waals surface area contributed by atoms with E-state index in [4.69, 9.17) is 29.6 Å². The number of benzene rings is 2. The Morgan fingerprint density at radius 1 is 1.13 bits per heavy atom. The molecule has 8 nitrogen and oxygen atoms in total. The Morgan fingerprint density at radius 2 is 1.87 bits per heavy atom. The van der Waals surface area contributed by atoms with Crippen molar-refractivity contribution in [3.8, 4) is 12.3 Å². The molecule has 0 aliphatic rings. The topological polar surface area (TPSA) is 86.7 Å². The number of hydrogen-bond donors (Lipinski definition) is 1. The molecule has 2 aromatic carbocycles. The first kappa shape index (κ1) is 20.7. The average molecular weight is 455 g/mol. The molecule has 0 fully saturated rings. The summed E-state index contributed by atoms with van der Waals surface area (Å²) in [6.45, 7) is -0.0447. The quantitative estimate of drug-likeness (QED) is 0.468. The molecule has 0 bridgehead atoms. The zero-order chi connectivity index (χ0) is 22.1. The van der Waals surface area contributed by atoms with Crippen molar-refractivity contribution in [2.24, 2.45) is 7.05 Å². The fourth-order valence-electron chi connectivity index (χ4n) is 3.15. The zero-order valence-electron chi connectivity index (χ0n) is 16.3. The fraction of sp³-hybridized carbons (Fsp3) is 0.143. The largest absolute Gasteiger partial charge is 0.355 e. The molecule has 0 unspecified atom stereocenters. The van der Waals surface area contributed by atoms with Gasteiger partial charge in [0.15, 0.2) is 0 Å². The molecule has 4 rings (SSSR count). The van der Waals surface area contributed by atoms with Crippen LogP contribution in [-0.4, -0.2) is 23.9 Å². The number of nitrogens with one attached hydrogen (secondary N) is 1. The molecular formula is C21H16Cl2N6O2. The number of aromatic nitrogens is 5. The lowest BCUT2D eigenvalue weighted by Crippen LogP contribution is -2.42. The minimum atomic E-state index is -0.753. The van der Waals surface area contributed by atoms with Crippen molar-refractivity contribution in [3.05, 3.63) is 79.2 Å². The van der Waals surface area contributed by atoms with Crippen LogP contribution >= 0.6 is 23.2 Å². The third-order valence-electron chi connectivity index (χ3n) is 4.61. The summed E-state index contributed by atoms with van der Waals surface area (Å²) in [5.41, 5.74) is 0.642. The SMILES string of the molecule is C#CCn1c(=O)nc(Nc2cc3cn(C)nc3cc2Cl)n(Cc2ccc(Cl)cc2)c1=O. The van der Waals surface area contributed by atoms with Crippen molar-refractivity contribution in [3.63, 3.8) is 0 Å². The van der Waals surface area contributed by atoms with E-state index in [9.17, 15) is 9.59 Å². The molecule has 4 aromatic rings. The van der Waals surface area contributed by atoms with Gasteiger partial charge in [-0.3, -0.25) is 9.25 Å². The molecule has 0 spiro atoms. The van der Waals surface area contributed by atoms with Crippen LogP contribution in [0, 0.1) is 12.3 Å². The molecule has 0 aliphatic carbocycles. The molecule has 2 aromatic heterocycles. The molecule has 1 N–H and O–H groups in total. The van der Waals surface area contributed by atoms with Gasteiger partial charge < -0.3 is 5.32 Å². The molecule has 10 heteroatoms. The second-order valence-corrected chi connectivity index (χ2v) is 7.67. The molecule has 31 heavy (non-hydrogen) atoms. The Hall–Kier alpha value is -3.54. The molecule has 0 saturated carbocycles. The molecule has 0 aliphatic heterocycles. The maximum absolute atomic E-state index is 13.0. The number of nitrogens with zero attached hydrogens (tertiary/aromatic N) is 5. The van der Waals surface area contributed by atoms with Crippen molar-refractivity contribution in [2.45, 2.75) is 13.1 Å². The summed E-state index contributed by atoms with van der Waals surface area (Å²) in [5, 5.41) is 9.10. The van der Waals surface area contributed by atoms with Gasteiger partial charge in [0.1, 0.15) is 0 Å². The summed E-state index contributed by atoms with van der Waals surface area (Å²) in [6.07, 6.45) is 7.14. The molecule has 2 heterocycles. The Kier molecular flexibility index (Phi) is 5.55. The van der Waals surface area contributed by atoms with Crippen LogP contribution in [0.5, 0.6) is 0 Å². The number of aryl methyl sites for hydroxylation is 1. The molecular weight excluding hydrogens is 439 g/mol. The summed E-state index contributed by atoms with van der Waals surface area (Å²) in [7, 11) is 1.80. The van der Waals surface area contributed by atoms with Crippen molar-refractivity contribution in [2.75, 3.05) is 5.32 Å². The van der Waals surface area contributed by atoms with Crippen LogP contribution in [0.3, 0.4) is 0 Å². The van der Waals surface area contributed by atoms with Gasteiger partial charge >= 0.3 is 11.4 Å². The third kappa shape index (κ3) is 4.19. The van der Waals surface area contributed by atoms with Crippen molar-refractivity contribution >= 4 is 45.7 Å². The van der Waals surface area contributed by atoms with E-state index in [1.807, 2.05) is 6.20 Å². The summed E-state index contributed by atoms with van der Waals surface area (Å²) >= 11 is 12.4. The number of anilines is 2. The molecule has 156 valence electrons. The Balaban J connectivity index is 1.83. The summed E-state index contributed by atoms with van der Waals surface area (Å²) < 4.78 is 3.89. The van der Waals surface area contributed by atoms with E-state index < -0.39 is 11.4 Å². The van der Waals surface area contributed by atoms with Crippen LogP contribution < -0.4 is 16.7 Å². The molecule has 0 saturated heterocycles. The first-order valence-corrected chi connectivity index (χ1v) is 9.91. The van der Waals surface area contributed by atoms with E-state index in [0.29, 0.717) is 21.2 Å². The van der Waals surface area contributed by atoms with E-state index >= 15 is 0 Å². The zero-order valence-corrected chi connectivity index (χ0v) is 17.9. The maximum atomic E-state index is 13.0. The smallest absolute Gasteiger partial charge is 0.324 e. The third-order valence-corrected chi connectivity index (χ3v) is 5.17. The predicted octanol–water partition coefficient (Wildman–Crippen LogP) is 3.02. The standard InChI is InChI=1S/C21H16Cl2N6O2/c1-3-8-28-20(30)25-19(29(21(28)31)11-13-4-6-15(22)7-5-13)24-18-9-14-12-27(2)26-17(14)10-16(18)23/h1,4-7,9-10,12H,8,11H2,2H3,(H,24,25,30). The number of rotatable bonds is 5.